The molecule has 122 valence electrons. The standard InChI is InChI=1S/C17H22N4O2/c1-13(20-17(22)11-14-12-23-10-8-18-14)15-5-2-3-6-16(15)21-9-4-7-19-21/h2-7,9,13-14,18H,8,10-12H2,1H3,(H,20,22). The van der Waals surface area contributed by atoms with Crippen LogP contribution in [-0.4, -0.2) is 41.5 Å². The number of benzene rings is 1. The highest BCUT2D eigenvalue weighted by Crippen LogP contribution is 2.21. The Balaban J connectivity index is 1.66. The number of rotatable bonds is 5. The highest BCUT2D eigenvalue weighted by Gasteiger charge is 2.19. The van der Waals surface area contributed by atoms with Crippen molar-refractivity contribution in [3.8, 4) is 5.69 Å². The first-order valence-corrected chi connectivity index (χ1v) is 7.93. The fourth-order valence-corrected chi connectivity index (χ4v) is 2.83. The molecule has 2 atom stereocenters. The summed E-state index contributed by atoms with van der Waals surface area (Å²) in [6.07, 6.45) is 4.07. The molecule has 1 aromatic carbocycles. The number of carbonyl (C=O) groups excluding carboxylic acids is 1. The van der Waals surface area contributed by atoms with Gasteiger partial charge in [-0.2, -0.15) is 5.10 Å². The number of ether oxygens (including phenoxy) is 1. The van der Waals surface area contributed by atoms with Gasteiger partial charge in [0.05, 0.1) is 24.9 Å². The Kier molecular flexibility index (Phi) is 5.05. The summed E-state index contributed by atoms with van der Waals surface area (Å²) in [5.74, 6) is 0.0239. The summed E-state index contributed by atoms with van der Waals surface area (Å²) < 4.78 is 7.20. The average molecular weight is 314 g/mol. The zero-order valence-corrected chi connectivity index (χ0v) is 13.2. The van der Waals surface area contributed by atoms with Crippen LogP contribution in [0.15, 0.2) is 42.7 Å². The lowest BCUT2D eigenvalue weighted by Crippen LogP contribution is -2.44. The van der Waals surface area contributed by atoms with Gasteiger partial charge in [-0.05, 0) is 24.6 Å². The molecule has 1 amide bonds. The van der Waals surface area contributed by atoms with Gasteiger partial charge in [-0.1, -0.05) is 18.2 Å². The molecule has 2 N–H and O–H groups in total. The summed E-state index contributed by atoms with van der Waals surface area (Å²) in [6, 6.07) is 9.85. The van der Waals surface area contributed by atoms with Gasteiger partial charge >= 0.3 is 0 Å². The maximum atomic E-state index is 12.3. The number of hydrogen-bond donors (Lipinski definition) is 2. The fourth-order valence-electron chi connectivity index (χ4n) is 2.83. The summed E-state index contributed by atoms with van der Waals surface area (Å²) in [7, 11) is 0. The fraction of sp³-hybridized carbons (Fsp3) is 0.412. The monoisotopic (exact) mass is 314 g/mol. The van der Waals surface area contributed by atoms with E-state index >= 15 is 0 Å². The number of amides is 1. The molecule has 3 rings (SSSR count). The minimum atomic E-state index is -0.0904. The third kappa shape index (κ3) is 3.97. The number of morpholine rings is 1. The van der Waals surface area contributed by atoms with Crippen molar-refractivity contribution in [1.29, 1.82) is 0 Å². The maximum Gasteiger partial charge on any atom is 0.222 e. The average Bonchev–Trinajstić information content (AvgIpc) is 3.10. The Morgan fingerprint density at radius 3 is 3.09 bits per heavy atom. The van der Waals surface area contributed by atoms with Crippen molar-refractivity contribution in [2.24, 2.45) is 0 Å². The lowest BCUT2D eigenvalue weighted by Gasteiger charge is -2.24. The number of carbonyl (C=O) groups is 1. The van der Waals surface area contributed by atoms with Gasteiger partial charge < -0.3 is 15.4 Å². The third-order valence-corrected chi connectivity index (χ3v) is 3.96. The van der Waals surface area contributed by atoms with E-state index in [0.717, 1.165) is 17.8 Å². The van der Waals surface area contributed by atoms with Crippen LogP contribution in [0.4, 0.5) is 0 Å². The van der Waals surface area contributed by atoms with Crippen molar-refractivity contribution >= 4 is 5.91 Å². The molecule has 2 unspecified atom stereocenters. The number of para-hydroxylation sites is 1. The Morgan fingerprint density at radius 2 is 2.35 bits per heavy atom. The Labute approximate surface area is 135 Å². The first-order valence-electron chi connectivity index (χ1n) is 7.93. The van der Waals surface area contributed by atoms with Crippen LogP contribution in [0.3, 0.4) is 0 Å². The van der Waals surface area contributed by atoms with Crippen LogP contribution in [-0.2, 0) is 9.53 Å². The van der Waals surface area contributed by atoms with E-state index in [0.29, 0.717) is 19.6 Å². The molecule has 0 aliphatic carbocycles. The lowest BCUT2D eigenvalue weighted by molar-refractivity contribution is -0.122. The molecule has 0 radical (unpaired) electrons. The van der Waals surface area contributed by atoms with E-state index in [1.165, 1.54) is 0 Å². The van der Waals surface area contributed by atoms with Gasteiger partial charge in [0, 0.05) is 31.4 Å². The van der Waals surface area contributed by atoms with E-state index in [-0.39, 0.29) is 18.0 Å². The first kappa shape index (κ1) is 15.7. The van der Waals surface area contributed by atoms with Crippen molar-refractivity contribution < 1.29 is 9.53 Å². The number of nitrogens with one attached hydrogen (secondary N) is 2. The van der Waals surface area contributed by atoms with Crippen LogP contribution >= 0.6 is 0 Å². The van der Waals surface area contributed by atoms with E-state index < -0.39 is 0 Å². The summed E-state index contributed by atoms with van der Waals surface area (Å²) in [5, 5.41) is 10.6. The van der Waals surface area contributed by atoms with Crippen molar-refractivity contribution in [1.82, 2.24) is 20.4 Å². The minimum Gasteiger partial charge on any atom is -0.378 e. The quantitative estimate of drug-likeness (QED) is 0.876. The SMILES string of the molecule is CC(NC(=O)CC1COCCN1)c1ccccc1-n1cccn1. The van der Waals surface area contributed by atoms with Gasteiger partial charge in [-0.3, -0.25) is 4.79 Å². The highest BCUT2D eigenvalue weighted by atomic mass is 16.5. The molecule has 23 heavy (non-hydrogen) atoms. The van der Waals surface area contributed by atoms with Gasteiger partial charge in [0.25, 0.3) is 0 Å². The van der Waals surface area contributed by atoms with Gasteiger partial charge in [-0.15, -0.1) is 0 Å². The van der Waals surface area contributed by atoms with Crippen molar-refractivity contribution in [3.05, 3.63) is 48.3 Å². The van der Waals surface area contributed by atoms with Crippen LogP contribution < -0.4 is 10.6 Å². The molecule has 0 bridgehead atoms. The zero-order valence-electron chi connectivity index (χ0n) is 13.2. The second-order valence-corrected chi connectivity index (χ2v) is 5.73. The predicted octanol–water partition coefficient (Wildman–Crippen LogP) is 1.43. The van der Waals surface area contributed by atoms with Crippen molar-refractivity contribution in [2.45, 2.75) is 25.4 Å². The molecule has 1 aliphatic heterocycles. The molecule has 1 saturated heterocycles. The molecule has 2 heterocycles. The molecule has 6 heteroatoms. The van der Waals surface area contributed by atoms with Gasteiger partial charge in [0.15, 0.2) is 0 Å². The molecule has 1 fully saturated rings. The van der Waals surface area contributed by atoms with Gasteiger partial charge in [0.1, 0.15) is 0 Å². The minimum absolute atomic E-state index is 0.0239. The number of hydrogen-bond acceptors (Lipinski definition) is 4. The summed E-state index contributed by atoms with van der Waals surface area (Å²) >= 11 is 0. The smallest absolute Gasteiger partial charge is 0.222 e. The van der Waals surface area contributed by atoms with Gasteiger partial charge in [0.2, 0.25) is 5.91 Å². The molecule has 1 aromatic heterocycles. The van der Waals surface area contributed by atoms with Crippen molar-refractivity contribution in [2.75, 3.05) is 19.8 Å². The molecule has 0 saturated carbocycles. The molecule has 2 aromatic rings. The Hall–Kier alpha value is -2.18. The van der Waals surface area contributed by atoms with Crippen LogP contribution in [0.25, 0.3) is 5.69 Å². The maximum absolute atomic E-state index is 12.3. The summed E-state index contributed by atoms with van der Waals surface area (Å²) in [6.45, 7) is 4.10. The Morgan fingerprint density at radius 1 is 1.48 bits per heavy atom. The van der Waals surface area contributed by atoms with E-state index in [1.807, 2.05) is 48.1 Å². The van der Waals surface area contributed by atoms with E-state index in [9.17, 15) is 4.79 Å². The zero-order chi connectivity index (χ0) is 16.1. The topological polar surface area (TPSA) is 68.2 Å². The lowest BCUT2D eigenvalue weighted by atomic mass is 10.1. The number of aromatic nitrogens is 2. The molecular weight excluding hydrogens is 292 g/mol. The normalized spacial score (nSPS) is 19.3. The Bertz CT molecular complexity index is 636. The van der Waals surface area contributed by atoms with E-state index in [2.05, 4.69) is 15.7 Å². The molecule has 0 spiro atoms. The van der Waals surface area contributed by atoms with E-state index in [1.54, 1.807) is 6.20 Å². The summed E-state index contributed by atoms with van der Waals surface area (Å²) in [4.78, 5) is 12.3. The van der Waals surface area contributed by atoms with Crippen molar-refractivity contribution in [3.63, 3.8) is 0 Å². The predicted molar refractivity (Wildman–Crippen MR) is 87.3 cm³/mol. The molecule has 1 aliphatic rings. The second-order valence-electron chi connectivity index (χ2n) is 5.73. The number of nitrogens with zero attached hydrogens (tertiary/aromatic N) is 2. The van der Waals surface area contributed by atoms with E-state index in [4.69, 9.17) is 4.74 Å². The summed E-state index contributed by atoms with van der Waals surface area (Å²) in [5.41, 5.74) is 2.02. The van der Waals surface area contributed by atoms with Crippen LogP contribution in [0.2, 0.25) is 0 Å². The molecular formula is C17H22N4O2. The second kappa shape index (κ2) is 7.39. The molecule has 6 nitrogen and oxygen atoms in total. The van der Waals surface area contributed by atoms with Gasteiger partial charge in [-0.25, -0.2) is 4.68 Å². The van der Waals surface area contributed by atoms with Crippen LogP contribution in [0, 0.1) is 0 Å². The highest BCUT2D eigenvalue weighted by molar-refractivity contribution is 5.77. The van der Waals surface area contributed by atoms with Crippen LogP contribution in [0.5, 0.6) is 0 Å². The third-order valence-electron chi connectivity index (χ3n) is 3.96. The first-order chi connectivity index (χ1) is 11.2. The largest absolute Gasteiger partial charge is 0.378 e. The van der Waals surface area contributed by atoms with Crippen LogP contribution in [0.1, 0.15) is 24.9 Å².